The first-order valence-corrected chi connectivity index (χ1v) is 10.6. The highest BCUT2D eigenvalue weighted by molar-refractivity contribution is 7.17. The van der Waals surface area contributed by atoms with Crippen molar-refractivity contribution in [2.45, 2.75) is 32.4 Å². The maximum Gasteiger partial charge on any atom is 0.283 e. The zero-order chi connectivity index (χ0) is 24.1. The van der Waals surface area contributed by atoms with Gasteiger partial charge in [-0.15, -0.1) is 0 Å². The molecule has 170 valence electrons. The number of rotatable bonds is 9. The normalized spacial score (nSPS) is 12.7. The molecule has 2 unspecified atom stereocenters. The quantitative estimate of drug-likeness (QED) is 0.337. The minimum absolute atomic E-state index is 0.152. The largest absolute Gasteiger partial charge is 0.441 e. The van der Waals surface area contributed by atoms with Crippen molar-refractivity contribution in [2.24, 2.45) is 0 Å². The number of alkyl halides is 2. The van der Waals surface area contributed by atoms with Crippen LogP contribution in [0.15, 0.2) is 79.3 Å². The summed E-state index contributed by atoms with van der Waals surface area (Å²) in [6.07, 6.45) is 1.82. The molecule has 0 aromatic heterocycles. The fraction of sp³-hybridized carbons (Fsp3) is 0.240. The number of hydrogen-bond acceptors (Lipinski definition) is 3. The fourth-order valence-electron chi connectivity index (χ4n) is 2.85. The fourth-order valence-corrected chi connectivity index (χ4v) is 3.03. The molecule has 32 heavy (non-hydrogen) atoms. The van der Waals surface area contributed by atoms with Gasteiger partial charge in [0.25, 0.3) is 5.66 Å². The Morgan fingerprint density at radius 2 is 1.84 bits per heavy atom. The van der Waals surface area contributed by atoms with E-state index in [0.29, 0.717) is 22.9 Å². The Hall–Kier alpha value is -2.98. The molecule has 0 spiro atoms. The third-order valence-electron chi connectivity index (χ3n) is 5.02. The number of benzene rings is 2. The van der Waals surface area contributed by atoms with Crippen molar-refractivity contribution in [1.82, 2.24) is 4.90 Å². The van der Waals surface area contributed by atoms with Gasteiger partial charge < -0.3 is 15.0 Å². The van der Waals surface area contributed by atoms with Gasteiger partial charge >= 0.3 is 0 Å². The first-order valence-electron chi connectivity index (χ1n) is 10.0. The highest BCUT2D eigenvalue weighted by atomic mass is 31.0. The summed E-state index contributed by atoms with van der Waals surface area (Å²) in [7, 11) is 3.36. The van der Waals surface area contributed by atoms with Gasteiger partial charge in [-0.25, -0.2) is 0 Å². The van der Waals surface area contributed by atoms with Gasteiger partial charge in [0.2, 0.25) is 5.91 Å². The first kappa shape index (κ1) is 25.3. The van der Waals surface area contributed by atoms with Crippen LogP contribution >= 0.6 is 9.24 Å². The van der Waals surface area contributed by atoms with Crippen molar-refractivity contribution < 1.29 is 18.3 Å². The van der Waals surface area contributed by atoms with Crippen molar-refractivity contribution in [3.05, 3.63) is 96.0 Å². The first-order chi connectivity index (χ1) is 14.9. The van der Waals surface area contributed by atoms with Crippen LogP contribution in [0.1, 0.15) is 43.4 Å². The van der Waals surface area contributed by atoms with E-state index in [0.717, 1.165) is 11.3 Å². The number of carbonyl (C=O) groups excluding carboxylic acids is 1. The summed E-state index contributed by atoms with van der Waals surface area (Å²) in [4.78, 5) is 14.5. The summed E-state index contributed by atoms with van der Waals surface area (Å²) >= 11 is 0. The van der Waals surface area contributed by atoms with E-state index in [2.05, 4.69) is 18.5 Å². The SMILES string of the molecule is C=C(O/C(=C/C)N(C)C(=C)C)c1ccc(NC(=O)C(C)c2cccc(C(F)(F)P)c2)cc1. The Morgan fingerprint density at radius 3 is 2.38 bits per heavy atom. The zero-order valence-corrected chi connectivity index (χ0v) is 19.9. The Morgan fingerprint density at radius 1 is 1.22 bits per heavy atom. The van der Waals surface area contributed by atoms with E-state index in [1.165, 1.54) is 27.4 Å². The minimum Gasteiger partial charge on any atom is -0.441 e. The van der Waals surface area contributed by atoms with Crippen LogP contribution in [-0.2, 0) is 15.2 Å². The molecule has 4 nitrogen and oxygen atoms in total. The molecule has 0 fully saturated rings. The molecule has 0 saturated heterocycles. The van der Waals surface area contributed by atoms with Crippen LogP contribution in [0.4, 0.5) is 14.5 Å². The molecule has 2 rings (SSSR count). The number of anilines is 1. The second-order valence-corrected chi connectivity index (χ2v) is 8.21. The molecule has 0 aliphatic heterocycles. The highest BCUT2D eigenvalue weighted by Crippen LogP contribution is 2.36. The monoisotopic (exact) mass is 458 g/mol. The van der Waals surface area contributed by atoms with Crippen LogP contribution in [0, 0.1) is 0 Å². The summed E-state index contributed by atoms with van der Waals surface area (Å²) in [6, 6.07) is 12.9. The molecular formula is C25H29F2N2O2P. The van der Waals surface area contributed by atoms with Crippen LogP contribution in [0.5, 0.6) is 0 Å². The van der Waals surface area contributed by atoms with Gasteiger partial charge in [-0.1, -0.05) is 40.6 Å². The maximum atomic E-state index is 13.6. The van der Waals surface area contributed by atoms with E-state index in [9.17, 15) is 13.6 Å². The summed E-state index contributed by atoms with van der Waals surface area (Å²) in [5.41, 5.74) is -0.526. The number of halogens is 2. The Bertz CT molecular complexity index is 1030. The lowest BCUT2D eigenvalue weighted by atomic mass is 9.98. The number of hydrogen-bond donors (Lipinski definition) is 1. The average molecular weight is 458 g/mol. The van der Waals surface area contributed by atoms with Crippen LogP contribution in [0.25, 0.3) is 5.76 Å². The molecule has 2 aromatic rings. The van der Waals surface area contributed by atoms with Crippen LogP contribution in [0.3, 0.4) is 0 Å². The zero-order valence-electron chi connectivity index (χ0n) is 18.8. The van der Waals surface area contributed by atoms with E-state index in [1.54, 1.807) is 37.3 Å². The van der Waals surface area contributed by atoms with Crippen LogP contribution < -0.4 is 5.32 Å². The molecule has 1 amide bonds. The van der Waals surface area contributed by atoms with E-state index in [4.69, 9.17) is 4.74 Å². The second-order valence-electron chi connectivity index (χ2n) is 7.48. The van der Waals surface area contributed by atoms with E-state index in [-0.39, 0.29) is 11.5 Å². The van der Waals surface area contributed by atoms with Crippen molar-refractivity contribution in [1.29, 1.82) is 0 Å². The molecule has 0 aliphatic carbocycles. The number of allylic oxidation sites excluding steroid dienone is 2. The molecule has 0 heterocycles. The van der Waals surface area contributed by atoms with Gasteiger partial charge in [0.1, 0.15) is 5.76 Å². The van der Waals surface area contributed by atoms with Crippen molar-refractivity contribution in [2.75, 3.05) is 12.4 Å². The molecule has 0 aliphatic rings. The summed E-state index contributed by atoms with van der Waals surface area (Å²) in [6.45, 7) is 13.3. The summed E-state index contributed by atoms with van der Waals surface area (Å²) in [5.74, 6) is 0.158. The Kier molecular flexibility index (Phi) is 8.34. The topological polar surface area (TPSA) is 41.6 Å². The summed E-state index contributed by atoms with van der Waals surface area (Å²) < 4.78 is 33.0. The molecule has 7 heteroatoms. The predicted octanol–water partition coefficient (Wildman–Crippen LogP) is 6.67. The van der Waals surface area contributed by atoms with Crippen molar-refractivity contribution in [3.63, 3.8) is 0 Å². The number of nitrogens with one attached hydrogen (secondary N) is 1. The number of amides is 1. The summed E-state index contributed by atoms with van der Waals surface area (Å²) in [5, 5.41) is 2.82. The molecule has 2 atom stereocenters. The third kappa shape index (κ3) is 6.51. The average Bonchev–Trinajstić information content (AvgIpc) is 2.76. The Labute approximate surface area is 190 Å². The lowest BCUT2D eigenvalue weighted by Gasteiger charge is -2.23. The minimum atomic E-state index is -3.04. The van der Waals surface area contributed by atoms with Gasteiger partial charge in [-0.3, -0.25) is 4.79 Å². The number of carbonyl (C=O) groups is 1. The second kappa shape index (κ2) is 10.6. The molecular weight excluding hydrogens is 429 g/mol. The van der Waals surface area contributed by atoms with Gasteiger partial charge in [-0.2, -0.15) is 8.78 Å². The molecule has 0 bridgehead atoms. The van der Waals surface area contributed by atoms with Gasteiger partial charge in [0.05, 0.1) is 5.92 Å². The number of ether oxygens (including phenoxy) is 1. The standard InChI is InChI=1S/C25H29F2N2O2P/c1-7-23(29(6)16(2)3)31-18(5)19-11-13-22(14-12-19)28-24(30)17(4)20-9-8-10-21(15-20)25(26,27)32/h7-15,17H,2,5,32H2,1,3-4,6H3,(H,28,30)/b23-7+. The van der Waals surface area contributed by atoms with Gasteiger partial charge in [0.15, 0.2) is 5.88 Å². The van der Waals surface area contributed by atoms with Crippen molar-refractivity contribution >= 4 is 26.6 Å². The molecule has 0 radical (unpaired) electrons. The van der Waals surface area contributed by atoms with E-state index >= 15 is 0 Å². The van der Waals surface area contributed by atoms with E-state index in [1.807, 2.05) is 31.9 Å². The molecule has 1 N–H and O–H groups in total. The lowest BCUT2D eigenvalue weighted by molar-refractivity contribution is -0.117. The Balaban J connectivity index is 2.06. The molecule has 0 saturated carbocycles. The van der Waals surface area contributed by atoms with Gasteiger partial charge in [0, 0.05) is 29.6 Å². The van der Waals surface area contributed by atoms with Gasteiger partial charge in [-0.05, 0) is 62.7 Å². The third-order valence-corrected chi connectivity index (χ3v) is 5.35. The predicted molar refractivity (Wildman–Crippen MR) is 130 cm³/mol. The molecule has 2 aromatic carbocycles. The number of nitrogens with zero attached hydrogens (tertiary/aromatic N) is 1. The van der Waals surface area contributed by atoms with Crippen molar-refractivity contribution in [3.8, 4) is 0 Å². The van der Waals surface area contributed by atoms with Crippen LogP contribution in [-0.4, -0.2) is 17.9 Å². The smallest absolute Gasteiger partial charge is 0.283 e. The van der Waals surface area contributed by atoms with Crippen LogP contribution in [0.2, 0.25) is 0 Å². The maximum absolute atomic E-state index is 13.6. The lowest BCUT2D eigenvalue weighted by Crippen LogP contribution is -2.19. The van der Waals surface area contributed by atoms with E-state index < -0.39 is 11.6 Å². The highest BCUT2D eigenvalue weighted by Gasteiger charge is 2.26.